The van der Waals surface area contributed by atoms with Crippen LogP contribution in [0.4, 0.5) is 28.1 Å². The van der Waals surface area contributed by atoms with Crippen molar-refractivity contribution in [2.45, 2.75) is 18.9 Å². The first-order valence-electron chi connectivity index (χ1n) is 11.2. The average molecular weight is 469 g/mol. The molecule has 3 aromatic heterocycles. The van der Waals surface area contributed by atoms with Gasteiger partial charge < -0.3 is 16.0 Å². The lowest BCUT2D eigenvalue weighted by Crippen LogP contribution is -2.25. The molecule has 1 aliphatic heterocycles. The highest BCUT2D eigenvalue weighted by Gasteiger charge is 2.29. The van der Waals surface area contributed by atoms with E-state index in [2.05, 4.69) is 45.3 Å². The van der Waals surface area contributed by atoms with Crippen molar-refractivity contribution >= 4 is 34.7 Å². The molecule has 1 aliphatic rings. The summed E-state index contributed by atoms with van der Waals surface area (Å²) in [7, 11) is 0. The third-order valence-electron chi connectivity index (χ3n) is 6.00. The van der Waals surface area contributed by atoms with Gasteiger partial charge in [-0.3, -0.25) is 15.1 Å². The quantitative estimate of drug-likeness (QED) is 0.350. The molecule has 1 atom stereocenters. The van der Waals surface area contributed by atoms with Gasteiger partial charge in [-0.2, -0.15) is 20.1 Å². The molecule has 0 amide bonds. The number of anilines is 4. The molecular formula is C24H21FN10. The van der Waals surface area contributed by atoms with Gasteiger partial charge in [0.1, 0.15) is 5.82 Å². The second kappa shape index (κ2) is 8.60. The van der Waals surface area contributed by atoms with Crippen molar-refractivity contribution in [1.29, 1.82) is 0 Å². The largest absolute Gasteiger partial charge is 0.368 e. The lowest BCUT2D eigenvalue weighted by Gasteiger charge is -2.25. The van der Waals surface area contributed by atoms with E-state index in [4.69, 9.17) is 5.73 Å². The predicted molar refractivity (Wildman–Crippen MR) is 130 cm³/mol. The number of aromatic amines is 1. The number of nitrogens with one attached hydrogen (secondary N) is 2. The van der Waals surface area contributed by atoms with E-state index >= 15 is 0 Å². The van der Waals surface area contributed by atoms with Gasteiger partial charge in [0.25, 0.3) is 0 Å². The number of benzene rings is 2. The van der Waals surface area contributed by atoms with Crippen LogP contribution in [0.1, 0.15) is 24.4 Å². The molecule has 35 heavy (non-hydrogen) atoms. The topological polar surface area (TPSA) is 134 Å². The zero-order valence-electron chi connectivity index (χ0n) is 18.6. The summed E-state index contributed by atoms with van der Waals surface area (Å²) in [5.41, 5.74) is 10.4. The third kappa shape index (κ3) is 4.19. The molecule has 1 saturated heterocycles. The summed E-state index contributed by atoms with van der Waals surface area (Å²) in [5, 5.41) is 10.5. The van der Waals surface area contributed by atoms with Crippen LogP contribution in [-0.4, -0.2) is 41.7 Å². The number of rotatable bonds is 5. The second-order valence-electron chi connectivity index (χ2n) is 8.27. The molecule has 0 bridgehead atoms. The van der Waals surface area contributed by atoms with Crippen molar-refractivity contribution < 1.29 is 4.39 Å². The fraction of sp³-hybridized carbons (Fsp3) is 0.167. The lowest BCUT2D eigenvalue weighted by atomic mass is 10.0. The van der Waals surface area contributed by atoms with Crippen molar-refractivity contribution in [2.75, 3.05) is 22.5 Å². The highest BCUT2D eigenvalue weighted by molar-refractivity contribution is 5.80. The van der Waals surface area contributed by atoms with Crippen LogP contribution >= 0.6 is 0 Å². The molecule has 1 fully saturated rings. The molecule has 0 radical (unpaired) electrons. The van der Waals surface area contributed by atoms with E-state index in [0.29, 0.717) is 17.7 Å². The number of nitrogens with two attached hydrogens (primary N) is 1. The molecule has 4 heterocycles. The molecule has 174 valence electrons. The number of nitrogens with zero attached hydrogens (tertiary/aromatic N) is 7. The summed E-state index contributed by atoms with van der Waals surface area (Å²) in [6.07, 6.45) is 5.21. The summed E-state index contributed by atoms with van der Waals surface area (Å²) >= 11 is 0. The Hall–Kier alpha value is -4.67. The molecule has 6 rings (SSSR count). The summed E-state index contributed by atoms with van der Waals surface area (Å²) < 4.78 is 13.4. The first-order chi connectivity index (χ1) is 17.1. The van der Waals surface area contributed by atoms with Crippen molar-refractivity contribution in [3.05, 3.63) is 72.3 Å². The fourth-order valence-electron chi connectivity index (χ4n) is 4.38. The van der Waals surface area contributed by atoms with E-state index in [0.717, 1.165) is 47.2 Å². The van der Waals surface area contributed by atoms with E-state index in [1.54, 1.807) is 24.5 Å². The Morgan fingerprint density at radius 3 is 2.66 bits per heavy atom. The summed E-state index contributed by atoms with van der Waals surface area (Å²) in [4.78, 5) is 23.9. The van der Waals surface area contributed by atoms with Gasteiger partial charge in [0.2, 0.25) is 17.8 Å². The number of aromatic nitrogens is 7. The summed E-state index contributed by atoms with van der Waals surface area (Å²) in [6, 6.07) is 14.2. The summed E-state index contributed by atoms with van der Waals surface area (Å²) in [6.45, 7) is 0.766. The monoisotopic (exact) mass is 468 g/mol. The number of halogens is 1. The molecule has 0 saturated carbocycles. The Kier molecular flexibility index (Phi) is 5.13. The van der Waals surface area contributed by atoms with Gasteiger partial charge in [-0.25, -0.2) is 4.39 Å². The van der Waals surface area contributed by atoms with Crippen molar-refractivity contribution in [3.8, 4) is 11.3 Å². The predicted octanol–water partition coefficient (Wildman–Crippen LogP) is 4.01. The Labute approximate surface area is 199 Å². The van der Waals surface area contributed by atoms with Gasteiger partial charge in [-0.1, -0.05) is 18.2 Å². The third-order valence-corrected chi connectivity index (χ3v) is 6.00. The zero-order valence-corrected chi connectivity index (χ0v) is 18.6. The number of hydrogen-bond donors (Lipinski definition) is 3. The highest BCUT2D eigenvalue weighted by atomic mass is 19.1. The molecule has 2 aromatic carbocycles. The molecule has 4 N–H and O–H groups in total. The molecular weight excluding hydrogens is 447 g/mol. The van der Waals surface area contributed by atoms with Crippen LogP contribution in [0.2, 0.25) is 0 Å². The van der Waals surface area contributed by atoms with Crippen LogP contribution in [0.5, 0.6) is 0 Å². The maximum Gasteiger partial charge on any atom is 0.235 e. The summed E-state index contributed by atoms with van der Waals surface area (Å²) in [5.74, 6) is 1.14. The Morgan fingerprint density at radius 1 is 0.971 bits per heavy atom. The first kappa shape index (κ1) is 20.9. The molecule has 0 aliphatic carbocycles. The number of hydrogen-bond acceptors (Lipinski definition) is 9. The van der Waals surface area contributed by atoms with Gasteiger partial charge in [0.05, 0.1) is 22.8 Å². The molecule has 11 heteroatoms. The van der Waals surface area contributed by atoms with Crippen LogP contribution in [0.15, 0.2) is 60.9 Å². The average Bonchev–Trinajstić information content (AvgIpc) is 3.54. The van der Waals surface area contributed by atoms with Gasteiger partial charge in [-0.15, -0.1) is 0 Å². The number of H-pyrrole nitrogens is 1. The number of nitrogen functional groups attached to an aromatic ring is 1. The van der Waals surface area contributed by atoms with E-state index in [-0.39, 0.29) is 17.8 Å². The number of fused-ring (bicyclic) bond motifs is 1. The molecule has 0 spiro atoms. The molecule has 5 aromatic rings. The van der Waals surface area contributed by atoms with Crippen molar-refractivity contribution in [1.82, 2.24) is 35.1 Å². The standard InChI is InChI=1S/C24H21FN10/c25-16-6-3-14(4-7-16)20-2-1-11-35(20)24-31-22(26)30-23(32-24)29-21-13-18(33-34-21)15-5-8-17-19(12-15)28-10-9-27-17/h3-10,12-13,20H,1-2,11H2,(H4,26,29,30,31,32,33,34). The molecule has 1 unspecified atom stereocenters. The highest BCUT2D eigenvalue weighted by Crippen LogP contribution is 2.35. The smallest absolute Gasteiger partial charge is 0.235 e. The Balaban J connectivity index is 1.25. The van der Waals surface area contributed by atoms with Gasteiger partial charge >= 0.3 is 0 Å². The van der Waals surface area contributed by atoms with Crippen LogP contribution in [0.25, 0.3) is 22.3 Å². The normalized spacial score (nSPS) is 15.6. The van der Waals surface area contributed by atoms with E-state index in [9.17, 15) is 4.39 Å². The van der Waals surface area contributed by atoms with Gasteiger partial charge in [0, 0.05) is 30.6 Å². The second-order valence-corrected chi connectivity index (χ2v) is 8.27. The van der Waals surface area contributed by atoms with E-state index in [1.165, 1.54) is 12.1 Å². The maximum atomic E-state index is 13.4. The zero-order chi connectivity index (χ0) is 23.8. The maximum absolute atomic E-state index is 13.4. The van der Waals surface area contributed by atoms with E-state index in [1.807, 2.05) is 24.3 Å². The lowest BCUT2D eigenvalue weighted by molar-refractivity contribution is 0.624. The van der Waals surface area contributed by atoms with Gasteiger partial charge in [0.15, 0.2) is 5.82 Å². The minimum Gasteiger partial charge on any atom is -0.368 e. The van der Waals surface area contributed by atoms with Gasteiger partial charge in [-0.05, 0) is 42.7 Å². The minimum absolute atomic E-state index is 0.0400. The first-order valence-corrected chi connectivity index (χ1v) is 11.2. The fourth-order valence-corrected chi connectivity index (χ4v) is 4.38. The minimum atomic E-state index is -0.260. The SMILES string of the molecule is Nc1nc(Nc2cc(-c3ccc4nccnc4c3)[nH]n2)nc(N2CCCC2c2ccc(F)cc2)n1. The van der Waals surface area contributed by atoms with Crippen molar-refractivity contribution in [3.63, 3.8) is 0 Å². The van der Waals surface area contributed by atoms with Crippen LogP contribution in [0.3, 0.4) is 0 Å². The van der Waals surface area contributed by atoms with Crippen LogP contribution in [-0.2, 0) is 0 Å². The van der Waals surface area contributed by atoms with Crippen LogP contribution in [0, 0.1) is 5.82 Å². The Morgan fingerprint density at radius 2 is 1.80 bits per heavy atom. The molecule has 10 nitrogen and oxygen atoms in total. The van der Waals surface area contributed by atoms with Crippen LogP contribution < -0.4 is 16.0 Å². The Bertz CT molecular complexity index is 1500. The van der Waals surface area contributed by atoms with E-state index < -0.39 is 0 Å². The van der Waals surface area contributed by atoms with Crippen molar-refractivity contribution in [2.24, 2.45) is 0 Å².